The van der Waals surface area contributed by atoms with Gasteiger partial charge in [0, 0.05) is 42.5 Å². The number of nitrogen functional groups attached to an aromatic ring is 1. The van der Waals surface area contributed by atoms with Crippen LogP contribution < -0.4 is 10.6 Å². The third-order valence-electron chi connectivity index (χ3n) is 4.75. The number of amides is 1. The Morgan fingerprint density at radius 1 is 0.968 bits per heavy atom. The third kappa shape index (κ3) is 4.50. The molecule has 0 saturated heterocycles. The third-order valence-corrected chi connectivity index (χ3v) is 4.75. The fourth-order valence-corrected chi connectivity index (χ4v) is 3.16. The van der Waals surface area contributed by atoms with E-state index in [0.29, 0.717) is 11.5 Å². The molecule has 7 heteroatoms. The molecule has 2 N–H and O–H groups in total. The van der Waals surface area contributed by atoms with Crippen LogP contribution in [-0.2, 0) is 4.74 Å². The number of anilines is 2. The number of ether oxygens (including phenoxy) is 1. The molecule has 7 nitrogen and oxygen atoms in total. The van der Waals surface area contributed by atoms with Crippen molar-refractivity contribution in [2.75, 3.05) is 17.7 Å². The zero-order chi connectivity index (χ0) is 22.2. The zero-order valence-corrected chi connectivity index (χ0v) is 18.0. The lowest BCUT2D eigenvalue weighted by Gasteiger charge is -2.24. The molecule has 0 aliphatic heterocycles. The van der Waals surface area contributed by atoms with Crippen LogP contribution in [0.4, 0.5) is 16.3 Å². The van der Waals surface area contributed by atoms with E-state index in [9.17, 15) is 4.79 Å². The fourth-order valence-electron chi connectivity index (χ4n) is 3.16. The summed E-state index contributed by atoms with van der Waals surface area (Å²) in [6.45, 7) is 5.50. The highest BCUT2D eigenvalue weighted by atomic mass is 16.6. The monoisotopic (exact) mass is 415 g/mol. The molecule has 0 aliphatic rings. The van der Waals surface area contributed by atoms with E-state index < -0.39 is 11.7 Å². The predicted octanol–water partition coefficient (Wildman–Crippen LogP) is 5.02. The van der Waals surface area contributed by atoms with Crippen LogP contribution in [-0.4, -0.2) is 33.1 Å². The molecule has 3 aromatic heterocycles. The molecule has 0 aliphatic carbocycles. The first-order chi connectivity index (χ1) is 14.7. The summed E-state index contributed by atoms with van der Waals surface area (Å²) >= 11 is 0. The van der Waals surface area contributed by atoms with Gasteiger partial charge >= 0.3 is 6.09 Å². The van der Waals surface area contributed by atoms with Gasteiger partial charge in [-0.1, -0.05) is 24.3 Å². The second-order valence-corrected chi connectivity index (χ2v) is 8.38. The molecule has 1 amide bonds. The molecule has 0 unspecified atom stereocenters. The summed E-state index contributed by atoms with van der Waals surface area (Å²) in [4.78, 5) is 22.7. The van der Waals surface area contributed by atoms with Crippen molar-refractivity contribution in [3.63, 3.8) is 0 Å². The average Bonchev–Trinajstić information content (AvgIpc) is 3.15. The van der Waals surface area contributed by atoms with Crippen molar-refractivity contribution in [1.82, 2.24) is 14.4 Å². The highest BCUT2D eigenvalue weighted by Crippen LogP contribution is 2.26. The SMILES string of the molecule is CN(C(=O)OC(C)(C)C)c1ccc(-c2ccc(-c3cn4cc(N)ccc4n3)cc2)cn1. The first kappa shape index (κ1) is 20.4. The normalized spacial score (nSPS) is 11.5. The van der Waals surface area contributed by atoms with E-state index in [1.54, 1.807) is 19.3 Å². The number of imidazole rings is 1. The average molecular weight is 415 g/mol. The minimum Gasteiger partial charge on any atom is -0.443 e. The molecule has 0 atom stereocenters. The van der Waals surface area contributed by atoms with Gasteiger partial charge in [-0.25, -0.2) is 14.8 Å². The Bertz CT molecular complexity index is 1220. The van der Waals surface area contributed by atoms with E-state index in [1.165, 1.54) is 4.90 Å². The Morgan fingerprint density at radius 3 is 2.29 bits per heavy atom. The van der Waals surface area contributed by atoms with E-state index in [4.69, 9.17) is 10.5 Å². The van der Waals surface area contributed by atoms with Crippen molar-refractivity contribution in [2.24, 2.45) is 0 Å². The Morgan fingerprint density at radius 2 is 1.65 bits per heavy atom. The van der Waals surface area contributed by atoms with Crippen molar-refractivity contribution in [3.05, 3.63) is 67.1 Å². The van der Waals surface area contributed by atoms with Crippen molar-refractivity contribution < 1.29 is 9.53 Å². The molecular formula is C24H25N5O2. The molecule has 0 radical (unpaired) electrons. The maximum absolute atomic E-state index is 12.2. The summed E-state index contributed by atoms with van der Waals surface area (Å²) in [7, 11) is 1.65. The predicted molar refractivity (Wildman–Crippen MR) is 123 cm³/mol. The number of hydrogen-bond acceptors (Lipinski definition) is 5. The number of carbonyl (C=O) groups excluding carboxylic acids is 1. The Labute approximate surface area is 181 Å². The van der Waals surface area contributed by atoms with Crippen LogP contribution >= 0.6 is 0 Å². The lowest BCUT2D eigenvalue weighted by atomic mass is 10.0. The number of fused-ring (bicyclic) bond motifs is 1. The van der Waals surface area contributed by atoms with Gasteiger partial charge in [0.15, 0.2) is 0 Å². The molecule has 3 heterocycles. The van der Waals surface area contributed by atoms with Gasteiger partial charge in [-0.15, -0.1) is 0 Å². The van der Waals surface area contributed by atoms with Crippen LogP contribution in [0.1, 0.15) is 20.8 Å². The molecule has 4 aromatic rings. The Kier molecular flexibility index (Phi) is 5.10. The molecule has 4 rings (SSSR count). The minimum atomic E-state index is -0.555. The van der Waals surface area contributed by atoms with Crippen LogP contribution in [0.15, 0.2) is 67.1 Å². The number of rotatable bonds is 3. The highest BCUT2D eigenvalue weighted by Gasteiger charge is 2.21. The topological polar surface area (TPSA) is 85.8 Å². The quantitative estimate of drug-likeness (QED) is 0.508. The van der Waals surface area contributed by atoms with E-state index in [0.717, 1.165) is 28.0 Å². The number of nitrogens with zero attached hydrogens (tertiary/aromatic N) is 4. The van der Waals surface area contributed by atoms with Crippen LogP contribution in [0.25, 0.3) is 28.0 Å². The second-order valence-electron chi connectivity index (χ2n) is 8.38. The van der Waals surface area contributed by atoms with Crippen molar-refractivity contribution in [2.45, 2.75) is 26.4 Å². The van der Waals surface area contributed by atoms with Gasteiger partial charge in [0.05, 0.1) is 5.69 Å². The lowest BCUT2D eigenvalue weighted by molar-refractivity contribution is 0.0588. The minimum absolute atomic E-state index is 0.439. The van der Waals surface area contributed by atoms with Gasteiger partial charge in [0.25, 0.3) is 0 Å². The second kappa shape index (κ2) is 7.75. The summed E-state index contributed by atoms with van der Waals surface area (Å²) in [5, 5.41) is 0. The maximum Gasteiger partial charge on any atom is 0.415 e. The maximum atomic E-state index is 12.2. The first-order valence-electron chi connectivity index (χ1n) is 9.97. The Balaban J connectivity index is 1.51. The summed E-state index contributed by atoms with van der Waals surface area (Å²) in [6.07, 6.45) is 5.12. The van der Waals surface area contributed by atoms with Crippen LogP contribution in [0.5, 0.6) is 0 Å². The fraction of sp³-hybridized carbons (Fsp3) is 0.208. The van der Waals surface area contributed by atoms with Crippen LogP contribution in [0, 0.1) is 0 Å². The standard InChI is InChI=1S/C24H25N5O2/c1-24(2,3)31-23(30)28(4)21-11-9-18(13-26-21)16-5-7-17(8-6-16)20-15-29-14-19(25)10-12-22(29)27-20/h5-15H,25H2,1-4H3. The molecule has 0 fully saturated rings. The molecule has 31 heavy (non-hydrogen) atoms. The molecule has 0 spiro atoms. The lowest BCUT2D eigenvalue weighted by Crippen LogP contribution is -2.34. The van der Waals surface area contributed by atoms with E-state index in [-0.39, 0.29) is 0 Å². The van der Waals surface area contributed by atoms with Crippen molar-refractivity contribution in [1.29, 1.82) is 0 Å². The van der Waals surface area contributed by atoms with Gasteiger partial charge in [-0.3, -0.25) is 4.90 Å². The molecule has 1 aromatic carbocycles. The summed E-state index contributed by atoms with van der Waals surface area (Å²) in [6, 6.07) is 15.6. The smallest absolute Gasteiger partial charge is 0.415 e. The number of aromatic nitrogens is 3. The van der Waals surface area contributed by atoms with Gasteiger partial charge in [-0.05, 0) is 50.6 Å². The van der Waals surface area contributed by atoms with Gasteiger partial charge < -0.3 is 14.9 Å². The Hall–Kier alpha value is -3.87. The largest absolute Gasteiger partial charge is 0.443 e. The van der Waals surface area contributed by atoms with E-state index >= 15 is 0 Å². The van der Waals surface area contributed by atoms with Crippen LogP contribution in [0.3, 0.4) is 0 Å². The summed E-state index contributed by atoms with van der Waals surface area (Å²) in [5.41, 5.74) is 10.7. The number of nitrogens with two attached hydrogens (primary N) is 1. The van der Waals surface area contributed by atoms with Crippen LogP contribution in [0.2, 0.25) is 0 Å². The van der Waals surface area contributed by atoms with E-state index in [1.807, 2.05) is 80.0 Å². The van der Waals surface area contributed by atoms with Crippen molar-refractivity contribution >= 4 is 23.2 Å². The number of benzene rings is 1. The first-order valence-corrected chi connectivity index (χ1v) is 9.97. The zero-order valence-electron chi connectivity index (χ0n) is 18.0. The molecule has 0 saturated carbocycles. The van der Waals surface area contributed by atoms with Gasteiger partial charge in [0.1, 0.15) is 17.1 Å². The molecular weight excluding hydrogens is 390 g/mol. The van der Waals surface area contributed by atoms with E-state index in [2.05, 4.69) is 9.97 Å². The van der Waals surface area contributed by atoms with Gasteiger partial charge in [-0.2, -0.15) is 0 Å². The number of carbonyl (C=O) groups is 1. The van der Waals surface area contributed by atoms with Crippen molar-refractivity contribution in [3.8, 4) is 22.4 Å². The summed E-state index contributed by atoms with van der Waals surface area (Å²) in [5.74, 6) is 0.526. The summed E-state index contributed by atoms with van der Waals surface area (Å²) < 4.78 is 7.30. The number of hydrogen-bond donors (Lipinski definition) is 1. The van der Waals surface area contributed by atoms with Gasteiger partial charge in [0.2, 0.25) is 0 Å². The molecule has 0 bridgehead atoms. The molecule has 158 valence electrons. The highest BCUT2D eigenvalue weighted by molar-refractivity contribution is 5.86. The number of pyridine rings is 2.